The summed E-state index contributed by atoms with van der Waals surface area (Å²) in [7, 11) is 1.61. The van der Waals surface area contributed by atoms with Gasteiger partial charge < -0.3 is 25.0 Å². The number of nitrogens with one attached hydrogen (secondary N) is 2. The van der Waals surface area contributed by atoms with E-state index in [0.717, 1.165) is 6.42 Å². The normalized spacial score (nSPS) is 20.8. The lowest BCUT2D eigenvalue weighted by Gasteiger charge is -2.37. The highest BCUT2D eigenvalue weighted by atomic mass is 19.1. The second-order valence-electron chi connectivity index (χ2n) is 6.06. The molecular weight excluding hydrogens is 313 g/mol. The Kier molecular flexibility index (Phi) is 6.81. The summed E-state index contributed by atoms with van der Waals surface area (Å²) in [5.41, 5.74) is 0.956. The molecule has 1 aliphatic heterocycles. The molecule has 1 heterocycles. The third kappa shape index (κ3) is 5.35. The summed E-state index contributed by atoms with van der Waals surface area (Å²) >= 11 is 0. The minimum atomic E-state index is -0.355. The molecule has 1 saturated heterocycles. The van der Waals surface area contributed by atoms with E-state index in [-0.39, 0.29) is 24.1 Å². The third-order valence-corrected chi connectivity index (χ3v) is 3.78. The van der Waals surface area contributed by atoms with Gasteiger partial charge in [0, 0.05) is 39.0 Å². The number of amides is 2. The highest BCUT2D eigenvalue weighted by Gasteiger charge is 2.24. The van der Waals surface area contributed by atoms with Crippen LogP contribution < -0.4 is 15.5 Å². The second kappa shape index (κ2) is 8.84. The Morgan fingerprint density at radius 1 is 1.38 bits per heavy atom. The summed E-state index contributed by atoms with van der Waals surface area (Å²) in [4.78, 5) is 13.7. The molecule has 6 nitrogen and oxygen atoms in total. The van der Waals surface area contributed by atoms with Crippen LogP contribution in [0.1, 0.15) is 20.3 Å². The van der Waals surface area contributed by atoms with Gasteiger partial charge in [0.25, 0.3) is 0 Å². The van der Waals surface area contributed by atoms with E-state index in [1.807, 2.05) is 18.7 Å². The molecule has 24 heavy (non-hydrogen) atoms. The summed E-state index contributed by atoms with van der Waals surface area (Å²) in [6, 6.07) is 4.39. The molecule has 2 unspecified atom stereocenters. The van der Waals surface area contributed by atoms with E-state index in [9.17, 15) is 9.18 Å². The first-order valence-electron chi connectivity index (χ1n) is 8.23. The molecule has 1 aromatic carbocycles. The zero-order chi connectivity index (χ0) is 17.5. The van der Waals surface area contributed by atoms with Crippen LogP contribution in [0.15, 0.2) is 18.2 Å². The standard InChI is InChI=1S/C17H26FN3O3/c1-12-10-21(11-13(2)24-12)16-6-5-14(9-15(16)18)20-17(22)19-7-4-8-23-3/h5-6,9,12-13H,4,7-8,10-11H2,1-3H3,(H2,19,20,22). The van der Waals surface area contributed by atoms with Crippen molar-refractivity contribution in [1.29, 1.82) is 0 Å². The van der Waals surface area contributed by atoms with Crippen molar-refractivity contribution in [3.05, 3.63) is 24.0 Å². The number of hydrogen-bond donors (Lipinski definition) is 2. The van der Waals surface area contributed by atoms with E-state index < -0.39 is 0 Å². The van der Waals surface area contributed by atoms with Crippen molar-refractivity contribution in [1.82, 2.24) is 5.32 Å². The van der Waals surface area contributed by atoms with Crippen LogP contribution >= 0.6 is 0 Å². The van der Waals surface area contributed by atoms with Crippen LogP contribution in [0.5, 0.6) is 0 Å². The number of ether oxygens (including phenoxy) is 2. The van der Waals surface area contributed by atoms with E-state index in [4.69, 9.17) is 9.47 Å². The molecule has 2 N–H and O–H groups in total. The zero-order valence-corrected chi connectivity index (χ0v) is 14.5. The molecule has 0 spiro atoms. The largest absolute Gasteiger partial charge is 0.385 e. The van der Waals surface area contributed by atoms with Crippen LogP contribution in [-0.2, 0) is 9.47 Å². The first-order chi connectivity index (χ1) is 11.5. The van der Waals surface area contributed by atoms with Crippen LogP contribution in [0.4, 0.5) is 20.6 Å². The fourth-order valence-corrected chi connectivity index (χ4v) is 2.81. The minimum absolute atomic E-state index is 0.0591. The Labute approximate surface area is 142 Å². The van der Waals surface area contributed by atoms with E-state index in [2.05, 4.69) is 10.6 Å². The van der Waals surface area contributed by atoms with Crippen LogP contribution in [0.25, 0.3) is 0 Å². The molecule has 0 saturated carbocycles. The van der Waals surface area contributed by atoms with Crippen molar-refractivity contribution < 1.29 is 18.7 Å². The highest BCUT2D eigenvalue weighted by Crippen LogP contribution is 2.26. The number of urea groups is 1. The molecule has 1 aromatic rings. The first kappa shape index (κ1) is 18.5. The Balaban J connectivity index is 1.93. The van der Waals surface area contributed by atoms with Crippen molar-refractivity contribution >= 4 is 17.4 Å². The molecule has 2 amide bonds. The molecule has 1 fully saturated rings. The maximum atomic E-state index is 14.4. The minimum Gasteiger partial charge on any atom is -0.385 e. The number of benzene rings is 1. The van der Waals surface area contributed by atoms with Crippen molar-refractivity contribution in [3.63, 3.8) is 0 Å². The summed E-state index contributed by atoms with van der Waals surface area (Å²) in [5, 5.41) is 5.33. The number of anilines is 2. The van der Waals surface area contributed by atoms with Crippen molar-refractivity contribution in [3.8, 4) is 0 Å². The van der Waals surface area contributed by atoms with E-state index in [0.29, 0.717) is 37.6 Å². The molecule has 134 valence electrons. The van der Waals surface area contributed by atoms with Crippen molar-refractivity contribution in [2.75, 3.05) is 43.6 Å². The number of morpholine rings is 1. The SMILES string of the molecule is COCCCNC(=O)Nc1ccc(N2CC(C)OC(C)C2)c(F)c1. The Bertz CT molecular complexity index is 546. The quantitative estimate of drug-likeness (QED) is 0.782. The van der Waals surface area contributed by atoms with Crippen molar-refractivity contribution in [2.45, 2.75) is 32.5 Å². The van der Waals surface area contributed by atoms with Gasteiger partial charge in [0.1, 0.15) is 5.82 Å². The summed E-state index contributed by atoms with van der Waals surface area (Å²) in [5.74, 6) is -0.353. The molecule has 0 bridgehead atoms. The van der Waals surface area contributed by atoms with Gasteiger partial charge in [-0.2, -0.15) is 0 Å². The maximum absolute atomic E-state index is 14.4. The first-order valence-corrected chi connectivity index (χ1v) is 8.23. The predicted molar refractivity (Wildman–Crippen MR) is 92.1 cm³/mol. The van der Waals surface area contributed by atoms with Gasteiger partial charge in [-0.15, -0.1) is 0 Å². The maximum Gasteiger partial charge on any atom is 0.319 e. The fourth-order valence-electron chi connectivity index (χ4n) is 2.81. The van der Waals surface area contributed by atoms with Gasteiger partial charge in [-0.25, -0.2) is 9.18 Å². The highest BCUT2D eigenvalue weighted by molar-refractivity contribution is 5.89. The van der Waals surface area contributed by atoms with Gasteiger partial charge in [0.05, 0.1) is 17.9 Å². The molecule has 0 aromatic heterocycles. The second-order valence-corrected chi connectivity index (χ2v) is 6.06. The molecule has 0 aliphatic carbocycles. The molecule has 1 aliphatic rings. The summed E-state index contributed by atoms with van der Waals surface area (Å²) < 4.78 is 25.0. The monoisotopic (exact) mass is 339 g/mol. The number of carbonyl (C=O) groups excluding carboxylic acids is 1. The molecular formula is C17H26FN3O3. The van der Waals surface area contributed by atoms with Gasteiger partial charge in [-0.1, -0.05) is 0 Å². The van der Waals surface area contributed by atoms with Gasteiger partial charge in [0.2, 0.25) is 0 Å². The topological polar surface area (TPSA) is 62.8 Å². The van der Waals surface area contributed by atoms with E-state index in [1.165, 1.54) is 6.07 Å². The number of rotatable bonds is 6. The zero-order valence-electron chi connectivity index (χ0n) is 14.5. The van der Waals surface area contributed by atoms with Gasteiger partial charge >= 0.3 is 6.03 Å². The van der Waals surface area contributed by atoms with Crippen LogP contribution in [0.3, 0.4) is 0 Å². The molecule has 0 radical (unpaired) electrons. The summed E-state index contributed by atoms with van der Waals surface area (Å²) in [6.45, 7) is 6.33. The fraction of sp³-hybridized carbons (Fsp3) is 0.588. The Morgan fingerprint density at radius 3 is 2.71 bits per heavy atom. The van der Waals surface area contributed by atoms with Crippen LogP contribution in [0, 0.1) is 5.82 Å². The summed E-state index contributed by atoms with van der Waals surface area (Å²) in [6.07, 6.45) is 0.845. The lowest BCUT2D eigenvalue weighted by Crippen LogP contribution is -2.45. The number of carbonyl (C=O) groups is 1. The Hall–Kier alpha value is -1.86. The number of hydrogen-bond acceptors (Lipinski definition) is 4. The number of halogens is 1. The number of methoxy groups -OCH3 is 1. The predicted octanol–water partition coefficient (Wildman–Crippen LogP) is 2.60. The lowest BCUT2D eigenvalue weighted by atomic mass is 10.2. The smallest absolute Gasteiger partial charge is 0.319 e. The van der Waals surface area contributed by atoms with E-state index in [1.54, 1.807) is 19.2 Å². The van der Waals surface area contributed by atoms with Gasteiger partial charge in [-0.05, 0) is 38.5 Å². The average molecular weight is 339 g/mol. The molecule has 7 heteroatoms. The lowest BCUT2D eigenvalue weighted by molar-refractivity contribution is -0.00539. The van der Waals surface area contributed by atoms with Crippen molar-refractivity contribution in [2.24, 2.45) is 0 Å². The number of nitrogens with zero attached hydrogens (tertiary/aromatic N) is 1. The van der Waals surface area contributed by atoms with E-state index >= 15 is 0 Å². The molecule has 2 rings (SSSR count). The van der Waals surface area contributed by atoms with Gasteiger partial charge in [-0.3, -0.25) is 0 Å². The Morgan fingerprint density at radius 2 is 2.08 bits per heavy atom. The van der Waals surface area contributed by atoms with Crippen LogP contribution in [0.2, 0.25) is 0 Å². The van der Waals surface area contributed by atoms with Crippen LogP contribution in [-0.4, -0.2) is 51.6 Å². The van der Waals surface area contributed by atoms with Gasteiger partial charge in [0.15, 0.2) is 0 Å². The average Bonchev–Trinajstić information content (AvgIpc) is 2.50. The molecule has 2 atom stereocenters. The third-order valence-electron chi connectivity index (χ3n) is 3.78.